The summed E-state index contributed by atoms with van der Waals surface area (Å²) in [6, 6.07) is 7.66. The summed E-state index contributed by atoms with van der Waals surface area (Å²) in [5, 5.41) is 3.68. The number of allylic oxidation sites excluding steroid dienone is 1. The van der Waals surface area contributed by atoms with Crippen molar-refractivity contribution in [2.24, 2.45) is 0 Å². The molecule has 2 rings (SSSR count). The maximum atomic E-state index is 13.0. The fraction of sp³-hybridized carbons (Fsp3) is 0.556. The van der Waals surface area contributed by atoms with Crippen LogP contribution in [0, 0.1) is 5.82 Å². The summed E-state index contributed by atoms with van der Waals surface area (Å²) in [6.07, 6.45) is 4.67. The molecule has 1 saturated heterocycles. The van der Waals surface area contributed by atoms with Gasteiger partial charge in [0.1, 0.15) is 5.82 Å². The molecule has 0 unspecified atom stereocenters. The van der Waals surface area contributed by atoms with Crippen LogP contribution in [0.25, 0.3) is 0 Å². The van der Waals surface area contributed by atoms with E-state index in [2.05, 4.69) is 37.1 Å². The Morgan fingerprint density at radius 3 is 2.48 bits per heavy atom. The van der Waals surface area contributed by atoms with Crippen LogP contribution in [0.2, 0.25) is 0 Å². The van der Waals surface area contributed by atoms with E-state index in [1.807, 2.05) is 12.1 Å². The number of hydrogen-bond acceptors (Lipinski definition) is 2. The van der Waals surface area contributed by atoms with Crippen molar-refractivity contribution < 1.29 is 4.39 Å². The maximum absolute atomic E-state index is 13.0. The monoisotopic (exact) mass is 290 g/mol. The molecule has 0 radical (unpaired) electrons. The first-order valence-corrected chi connectivity index (χ1v) is 7.92. The van der Waals surface area contributed by atoms with Crippen LogP contribution in [-0.2, 0) is 0 Å². The number of benzene rings is 1. The Bertz CT molecular complexity index is 455. The minimum Gasteiger partial charge on any atom is -0.307 e. The van der Waals surface area contributed by atoms with Gasteiger partial charge in [-0.15, -0.1) is 0 Å². The lowest BCUT2D eigenvalue weighted by molar-refractivity contribution is 0.208. The molecule has 1 aliphatic rings. The Morgan fingerprint density at radius 1 is 1.29 bits per heavy atom. The molecule has 1 atom stereocenters. The van der Waals surface area contributed by atoms with Crippen LogP contribution in [-0.4, -0.2) is 30.6 Å². The molecule has 0 bridgehead atoms. The standard InChI is InChI=1S/C18H27FN2/c1-14(2)8-11-21-12-9-18(10-13-21)20-15(3)16-4-6-17(19)7-5-16/h4-8,15,18,20H,9-13H2,1-3H3/t15-/m0/s1. The zero-order valence-corrected chi connectivity index (χ0v) is 13.4. The fourth-order valence-corrected chi connectivity index (χ4v) is 2.80. The summed E-state index contributed by atoms with van der Waals surface area (Å²) in [6.45, 7) is 9.83. The number of piperidine rings is 1. The zero-order chi connectivity index (χ0) is 15.2. The van der Waals surface area contributed by atoms with E-state index >= 15 is 0 Å². The predicted octanol–water partition coefficient (Wildman–Crippen LogP) is 3.91. The van der Waals surface area contributed by atoms with Crippen molar-refractivity contribution in [2.45, 2.75) is 45.7 Å². The van der Waals surface area contributed by atoms with Crippen molar-refractivity contribution >= 4 is 0 Å². The number of nitrogens with zero attached hydrogens (tertiary/aromatic N) is 1. The Morgan fingerprint density at radius 2 is 1.90 bits per heavy atom. The summed E-state index contributed by atoms with van der Waals surface area (Å²) in [5.74, 6) is -0.168. The Hall–Kier alpha value is -1.19. The van der Waals surface area contributed by atoms with Gasteiger partial charge >= 0.3 is 0 Å². The van der Waals surface area contributed by atoms with Crippen LogP contribution in [0.1, 0.15) is 45.2 Å². The molecule has 0 amide bonds. The van der Waals surface area contributed by atoms with E-state index < -0.39 is 0 Å². The lowest BCUT2D eigenvalue weighted by Gasteiger charge is -2.33. The van der Waals surface area contributed by atoms with Crippen molar-refractivity contribution in [1.29, 1.82) is 0 Å². The highest BCUT2D eigenvalue weighted by molar-refractivity contribution is 5.19. The number of nitrogens with one attached hydrogen (secondary N) is 1. The van der Waals surface area contributed by atoms with Gasteiger partial charge in [-0.25, -0.2) is 4.39 Å². The molecule has 116 valence electrons. The first kappa shape index (κ1) is 16.2. The second-order valence-corrected chi connectivity index (χ2v) is 6.30. The molecule has 2 nitrogen and oxygen atoms in total. The van der Waals surface area contributed by atoms with Crippen LogP contribution in [0.15, 0.2) is 35.9 Å². The summed E-state index contributed by atoms with van der Waals surface area (Å²) in [5.41, 5.74) is 2.54. The van der Waals surface area contributed by atoms with Gasteiger partial charge in [-0.3, -0.25) is 4.90 Å². The first-order chi connectivity index (χ1) is 10.0. The summed E-state index contributed by atoms with van der Waals surface area (Å²) in [7, 11) is 0. The van der Waals surface area contributed by atoms with Gasteiger partial charge in [-0.1, -0.05) is 23.8 Å². The average molecular weight is 290 g/mol. The van der Waals surface area contributed by atoms with Gasteiger partial charge in [0.2, 0.25) is 0 Å². The van der Waals surface area contributed by atoms with Gasteiger partial charge in [0.05, 0.1) is 0 Å². The molecular weight excluding hydrogens is 263 g/mol. The van der Waals surface area contributed by atoms with E-state index in [0.717, 1.165) is 25.2 Å². The molecule has 0 saturated carbocycles. The Labute approximate surface area is 128 Å². The molecule has 1 aromatic carbocycles. The average Bonchev–Trinajstić information content (AvgIpc) is 2.47. The van der Waals surface area contributed by atoms with Gasteiger partial charge in [-0.2, -0.15) is 0 Å². The van der Waals surface area contributed by atoms with Crippen LogP contribution in [0.4, 0.5) is 4.39 Å². The third-order valence-corrected chi connectivity index (χ3v) is 4.20. The lowest BCUT2D eigenvalue weighted by Crippen LogP contribution is -2.43. The second kappa shape index (κ2) is 7.71. The Balaban J connectivity index is 1.78. The van der Waals surface area contributed by atoms with E-state index in [4.69, 9.17) is 0 Å². The van der Waals surface area contributed by atoms with E-state index in [1.165, 1.54) is 30.5 Å². The maximum Gasteiger partial charge on any atom is 0.123 e. The van der Waals surface area contributed by atoms with Crippen molar-refractivity contribution in [3.05, 3.63) is 47.3 Å². The van der Waals surface area contributed by atoms with Gasteiger partial charge in [0.15, 0.2) is 0 Å². The van der Waals surface area contributed by atoms with Crippen molar-refractivity contribution in [3.8, 4) is 0 Å². The van der Waals surface area contributed by atoms with E-state index in [-0.39, 0.29) is 11.9 Å². The molecule has 0 aliphatic carbocycles. The summed E-state index contributed by atoms with van der Waals surface area (Å²) < 4.78 is 13.0. The normalized spacial score (nSPS) is 18.5. The molecule has 3 heteroatoms. The second-order valence-electron chi connectivity index (χ2n) is 6.30. The zero-order valence-electron chi connectivity index (χ0n) is 13.4. The molecule has 1 aliphatic heterocycles. The van der Waals surface area contributed by atoms with Crippen molar-refractivity contribution in [2.75, 3.05) is 19.6 Å². The third kappa shape index (κ3) is 5.25. The smallest absolute Gasteiger partial charge is 0.123 e. The van der Waals surface area contributed by atoms with E-state index in [9.17, 15) is 4.39 Å². The predicted molar refractivity (Wildman–Crippen MR) is 86.8 cm³/mol. The van der Waals surface area contributed by atoms with Crippen molar-refractivity contribution in [3.63, 3.8) is 0 Å². The van der Waals surface area contributed by atoms with Gasteiger partial charge in [0.25, 0.3) is 0 Å². The van der Waals surface area contributed by atoms with Crippen LogP contribution in [0.3, 0.4) is 0 Å². The summed E-state index contributed by atoms with van der Waals surface area (Å²) in [4.78, 5) is 2.51. The highest BCUT2D eigenvalue weighted by Crippen LogP contribution is 2.18. The van der Waals surface area contributed by atoms with Crippen LogP contribution < -0.4 is 5.32 Å². The largest absolute Gasteiger partial charge is 0.307 e. The topological polar surface area (TPSA) is 15.3 Å². The van der Waals surface area contributed by atoms with Gasteiger partial charge in [-0.05, 0) is 64.4 Å². The summed E-state index contributed by atoms with van der Waals surface area (Å²) >= 11 is 0. The molecule has 1 fully saturated rings. The number of rotatable bonds is 5. The number of likely N-dealkylation sites (tertiary alicyclic amines) is 1. The van der Waals surface area contributed by atoms with Crippen LogP contribution in [0.5, 0.6) is 0 Å². The van der Waals surface area contributed by atoms with Crippen molar-refractivity contribution in [1.82, 2.24) is 10.2 Å². The van der Waals surface area contributed by atoms with Gasteiger partial charge in [0, 0.05) is 18.6 Å². The minimum absolute atomic E-state index is 0.168. The number of hydrogen-bond donors (Lipinski definition) is 1. The fourth-order valence-electron chi connectivity index (χ4n) is 2.80. The molecule has 1 heterocycles. The van der Waals surface area contributed by atoms with E-state index in [1.54, 1.807) is 0 Å². The van der Waals surface area contributed by atoms with Gasteiger partial charge < -0.3 is 5.32 Å². The number of halogens is 1. The SMILES string of the molecule is CC(C)=CCN1CCC(N[C@@H](C)c2ccc(F)cc2)CC1. The highest BCUT2D eigenvalue weighted by atomic mass is 19.1. The quantitative estimate of drug-likeness (QED) is 0.827. The van der Waals surface area contributed by atoms with E-state index in [0.29, 0.717) is 6.04 Å². The van der Waals surface area contributed by atoms with Crippen LogP contribution >= 0.6 is 0 Å². The first-order valence-electron chi connectivity index (χ1n) is 7.92. The lowest BCUT2D eigenvalue weighted by atomic mass is 10.0. The molecule has 0 spiro atoms. The Kier molecular flexibility index (Phi) is 5.95. The molecular formula is C18H27FN2. The molecule has 0 aromatic heterocycles. The molecule has 1 N–H and O–H groups in total. The highest BCUT2D eigenvalue weighted by Gasteiger charge is 2.20. The third-order valence-electron chi connectivity index (χ3n) is 4.20. The molecule has 21 heavy (non-hydrogen) atoms. The minimum atomic E-state index is -0.168. The molecule has 1 aromatic rings.